The highest BCUT2D eigenvalue weighted by Crippen LogP contribution is 2.22. The molecule has 0 aliphatic rings. The van der Waals surface area contributed by atoms with Gasteiger partial charge >= 0.3 is 5.97 Å². The zero-order valence-electron chi connectivity index (χ0n) is 12.4. The predicted molar refractivity (Wildman–Crippen MR) is 79.8 cm³/mol. The molecule has 1 aromatic rings. The third-order valence-corrected chi connectivity index (χ3v) is 4.23. The maximum absolute atomic E-state index is 12.3. The largest absolute Gasteiger partial charge is 0.480 e. The minimum absolute atomic E-state index is 0.00611. The Morgan fingerprint density at radius 2 is 2.14 bits per heavy atom. The molecule has 8 heteroatoms. The van der Waals surface area contributed by atoms with Crippen molar-refractivity contribution in [1.82, 2.24) is 9.71 Å². The molecule has 0 spiro atoms. The Morgan fingerprint density at radius 3 is 2.67 bits per heavy atom. The van der Waals surface area contributed by atoms with E-state index in [0.29, 0.717) is 13.0 Å². The second kappa shape index (κ2) is 7.37. The first-order chi connectivity index (χ1) is 9.77. The van der Waals surface area contributed by atoms with Crippen molar-refractivity contribution < 1.29 is 18.3 Å². The van der Waals surface area contributed by atoms with Crippen LogP contribution in [-0.2, 0) is 14.8 Å². The van der Waals surface area contributed by atoms with Crippen LogP contribution in [0.4, 0.5) is 5.82 Å². The van der Waals surface area contributed by atoms with E-state index < -0.39 is 16.0 Å². The molecule has 21 heavy (non-hydrogen) atoms. The van der Waals surface area contributed by atoms with Gasteiger partial charge in [0, 0.05) is 18.8 Å². The van der Waals surface area contributed by atoms with Gasteiger partial charge in [-0.15, -0.1) is 0 Å². The van der Waals surface area contributed by atoms with E-state index in [9.17, 15) is 13.2 Å². The summed E-state index contributed by atoms with van der Waals surface area (Å²) in [6, 6.07) is 2.68. The van der Waals surface area contributed by atoms with Gasteiger partial charge in [-0.3, -0.25) is 4.79 Å². The number of hydrogen-bond acceptors (Lipinski definition) is 5. The van der Waals surface area contributed by atoms with Crippen molar-refractivity contribution in [1.29, 1.82) is 0 Å². The van der Waals surface area contributed by atoms with E-state index in [-0.39, 0.29) is 23.3 Å². The van der Waals surface area contributed by atoms with Crippen molar-refractivity contribution >= 4 is 21.8 Å². The zero-order valence-corrected chi connectivity index (χ0v) is 13.2. The maximum atomic E-state index is 12.3. The Labute approximate surface area is 125 Å². The lowest BCUT2D eigenvalue weighted by molar-refractivity contribution is -0.135. The van der Waals surface area contributed by atoms with Crippen molar-refractivity contribution in [2.75, 3.05) is 18.0 Å². The minimum atomic E-state index is -3.74. The van der Waals surface area contributed by atoms with Gasteiger partial charge in [0.05, 0.1) is 0 Å². The monoisotopic (exact) mass is 315 g/mol. The summed E-state index contributed by atoms with van der Waals surface area (Å²) >= 11 is 0. The molecule has 1 aromatic heterocycles. The van der Waals surface area contributed by atoms with Crippen LogP contribution in [0.5, 0.6) is 0 Å². The Bertz CT molecular complexity index is 587. The number of carboxylic acid groups (broad SMARTS) is 1. The molecule has 0 saturated carbocycles. The predicted octanol–water partition coefficient (Wildman–Crippen LogP) is 1.07. The first-order valence-electron chi connectivity index (χ1n) is 6.72. The van der Waals surface area contributed by atoms with Gasteiger partial charge in [-0.1, -0.05) is 6.92 Å². The van der Waals surface area contributed by atoms with Crippen LogP contribution in [-0.4, -0.2) is 43.6 Å². The number of pyridine rings is 1. The van der Waals surface area contributed by atoms with E-state index in [1.165, 1.54) is 23.2 Å². The highest BCUT2D eigenvalue weighted by Gasteiger charge is 2.24. The van der Waals surface area contributed by atoms with Crippen LogP contribution in [0.3, 0.4) is 0 Å². The van der Waals surface area contributed by atoms with Crippen molar-refractivity contribution in [3.8, 4) is 0 Å². The smallest absolute Gasteiger partial charge is 0.323 e. The van der Waals surface area contributed by atoms with Crippen LogP contribution in [0.2, 0.25) is 0 Å². The number of carbonyl (C=O) groups is 1. The Hall–Kier alpha value is -1.67. The summed E-state index contributed by atoms with van der Waals surface area (Å²) in [7, 11) is -3.74. The average molecular weight is 315 g/mol. The number of hydrogen-bond donors (Lipinski definition) is 2. The lowest BCUT2D eigenvalue weighted by Gasteiger charge is -2.23. The van der Waals surface area contributed by atoms with Gasteiger partial charge in [-0.25, -0.2) is 18.1 Å². The van der Waals surface area contributed by atoms with E-state index in [1.807, 2.05) is 6.92 Å². The third-order valence-electron chi connectivity index (χ3n) is 2.55. The van der Waals surface area contributed by atoms with Crippen LogP contribution >= 0.6 is 0 Å². The van der Waals surface area contributed by atoms with Crippen molar-refractivity contribution in [3.05, 3.63) is 18.3 Å². The molecular weight excluding hydrogens is 294 g/mol. The molecule has 0 aliphatic carbocycles. The summed E-state index contributed by atoms with van der Waals surface area (Å²) < 4.78 is 27.1. The lowest BCUT2D eigenvalue weighted by atomic mass is 10.3. The number of carboxylic acids is 1. The molecule has 0 aromatic carbocycles. The molecular formula is C13H21N3O4S. The van der Waals surface area contributed by atoms with Crippen molar-refractivity contribution in [3.63, 3.8) is 0 Å². The fourth-order valence-electron chi connectivity index (χ4n) is 1.90. The second-order valence-electron chi connectivity index (χ2n) is 4.92. The van der Waals surface area contributed by atoms with Gasteiger partial charge in [0.15, 0.2) is 0 Å². The molecule has 0 atom stereocenters. The van der Waals surface area contributed by atoms with Gasteiger partial charge in [0.1, 0.15) is 17.3 Å². The third kappa shape index (κ3) is 4.98. The van der Waals surface area contributed by atoms with E-state index in [0.717, 1.165) is 0 Å². The summed E-state index contributed by atoms with van der Waals surface area (Å²) in [5, 5.41) is 8.98. The van der Waals surface area contributed by atoms with Gasteiger partial charge < -0.3 is 10.0 Å². The second-order valence-corrected chi connectivity index (χ2v) is 6.60. The molecule has 0 saturated heterocycles. The van der Waals surface area contributed by atoms with Crippen LogP contribution < -0.4 is 9.62 Å². The van der Waals surface area contributed by atoms with E-state index in [2.05, 4.69) is 9.71 Å². The summed E-state index contributed by atoms with van der Waals surface area (Å²) in [6.07, 6.45) is 2.13. The maximum Gasteiger partial charge on any atom is 0.323 e. The first kappa shape index (κ1) is 17.4. The average Bonchev–Trinajstić information content (AvgIpc) is 2.36. The number of aliphatic carboxylic acids is 1. The fraction of sp³-hybridized carbons (Fsp3) is 0.538. The van der Waals surface area contributed by atoms with E-state index >= 15 is 0 Å². The summed E-state index contributed by atoms with van der Waals surface area (Å²) in [6.45, 7) is 5.43. The molecule has 1 rings (SSSR count). The zero-order chi connectivity index (χ0) is 16.0. The molecule has 0 radical (unpaired) electrons. The van der Waals surface area contributed by atoms with Crippen LogP contribution in [0.1, 0.15) is 27.2 Å². The topological polar surface area (TPSA) is 99.6 Å². The van der Waals surface area contributed by atoms with Gasteiger partial charge in [0.25, 0.3) is 0 Å². The number of anilines is 1. The Morgan fingerprint density at radius 1 is 1.48 bits per heavy atom. The van der Waals surface area contributed by atoms with Crippen LogP contribution in [0.15, 0.2) is 23.2 Å². The molecule has 7 nitrogen and oxygen atoms in total. The van der Waals surface area contributed by atoms with Gasteiger partial charge in [0.2, 0.25) is 10.0 Å². The molecule has 2 N–H and O–H groups in total. The van der Waals surface area contributed by atoms with Gasteiger partial charge in [-0.2, -0.15) is 0 Å². The summed E-state index contributed by atoms with van der Waals surface area (Å²) in [5.74, 6) is -0.871. The highest BCUT2D eigenvalue weighted by molar-refractivity contribution is 7.89. The van der Waals surface area contributed by atoms with Crippen LogP contribution in [0.25, 0.3) is 0 Å². The number of nitrogens with zero attached hydrogens (tertiary/aromatic N) is 2. The van der Waals surface area contributed by atoms with Crippen LogP contribution in [0, 0.1) is 0 Å². The number of nitrogens with one attached hydrogen (secondary N) is 1. The number of sulfonamides is 1. The normalized spacial score (nSPS) is 11.6. The first-order valence-corrected chi connectivity index (χ1v) is 8.20. The standard InChI is InChI=1S/C13H21N3O4S/c1-4-8-16(9-12(17)18)13-11(6-5-7-14-13)21(19,20)15-10(2)3/h5-7,10,15H,4,8-9H2,1-3H3,(H,17,18). The molecule has 0 amide bonds. The minimum Gasteiger partial charge on any atom is -0.480 e. The molecule has 118 valence electrons. The molecule has 1 heterocycles. The van der Waals surface area contributed by atoms with Crippen molar-refractivity contribution in [2.24, 2.45) is 0 Å². The fourth-order valence-corrected chi connectivity index (χ4v) is 3.32. The Balaban J connectivity index is 3.26. The Kier molecular flexibility index (Phi) is 6.10. The van der Waals surface area contributed by atoms with Gasteiger partial charge in [-0.05, 0) is 32.4 Å². The molecule has 0 unspecified atom stereocenters. The summed E-state index contributed by atoms with van der Waals surface area (Å²) in [5.41, 5.74) is 0. The molecule has 0 bridgehead atoms. The molecule has 0 aliphatic heterocycles. The lowest BCUT2D eigenvalue weighted by Crippen LogP contribution is -2.35. The number of rotatable bonds is 8. The van der Waals surface area contributed by atoms with E-state index in [1.54, 1.807) is 13.8 Å². The SMILES string of the molecule is CCCN(CC(=O)O)c1ncccc1S(=O)(=O)NC(C)C. The number of aromatic nitrogens is 1. The summed E-state index contributed by atoms with van der Waals surface area (Å²) in [4.78, 5) is 16.5. The van der Waals surface area contributed by atoms with Crippen molar-refractivity contribution in [2.45, 2.75) is 38.1 Å². The van der Waals surface area contributed by atoms with E-state index in [4.69, 9.17) is 5.11 Å². The highest BCUT2D eigenvalue weighted by atomic mass is 32.2. The quantitative estimate of drug-likeness (QED) is 0.744. The molecule has 0 fully saturated rings.